The van der Waals surface area contributed by atoms with Crippen molar-refractivity contribution in [2.75, 3.05) is 37.6 Å². The highest BCUT2D eigenvalue weighted by Crippen LogP contribution is 2.31. The minimum Gasteiger partial charge on any atom is -0.387 e. The highest BCUT2D eigenvalue weighted by atomic mass is 19.1. The third-order valence-electron chi connectivity index (χ3n) is 5.78. The quantitative estimate of drug-likeness (QED) is 0.766. The van der Waals surface area contributed by atoms with Crippen molar-refractivity contribution in [1.29, 1.82) is 0 Å². The van der Waals surface area contributed by atoms with Gasteiger partial charge in [0.05, 0.1) is 11.8 Å². The lowest BCUT2D eigenvalue weighted by molar-refractivity contribution is 0.110. The van der Waals surface area contributed by atoms with E-state index in [0.29, 0.717) is 12.2 Å². The van der Waals surface area contributed by atoms with Crippen LogP contribution in [0, 0.1) is 12.7 Å². The zero-order chi connectivity index (χ0) is 19.0. The highest BCUT2D eigenvalue weighted by Gasteiger charge is 2.24. The first kappa shape index (κ1) is 18.0. The molecule has 2 heterocycles. The average Bonchev–Trinajstić information content (AvgIpc) is 2.94. The first-order valence-corrected chi connectivity index (χ1v) is 9.50. The van der Waals surface area contributed by atoms with E-state index < -0.39 is 6.10 Å². The zero-order valence-corrected chi connectivity index (χ0v) is 15.9. The minimum absolute atomic E-state index is 0.169. The van der Waals surface area contributed by atoms with Gasteiger partial charge in [-0.3, -0.25) is 4.90 Å². The van der Waals surface area contributed by atoms with E-state index in [1.54, 1.807) is 6.07 Å². The lowest BCUT2D eigenvalue weighted by Crippen LogP contribution is -2.47. The number of hydrogen-bond donors (Lipinski definition) is 1. The van der Waals surface area contributed by atoms with Gasteiger partial charge < -0.3 is 14.6 Å². The molecule has 0 bridgehead atoms. The number of β-amino-alcohol motifs (C(OH)–C–C–N with tert-alkyl or cyclic N) is 1. The number of aromatic nitrogens is 1. The Morgan fingerprint density at radius 2 is 1.67 bits per heavy atom. The molecule has 4 rings (SSSR count). The molecule has 3 aromatic rings. The topological polar surface area (TPSA) is 31.6 Å². The third kappa shape index (κ3) is 3.33. The van der Waals surface area contributed by atoms with Crippen molar-refractivity contribution in [2.24, 2.45) is 7.05 Å². The van der Waals surface area contributed by atoms with Crippen LogP contribution in [0.1, 0.15) is 17.4 Å². The van der Waals surface area contributed by atoms with Gasteiger partial charge >= 0.3 is 0 Å². The molecule has 27 heavy (non-hydrogen) atoms. The summed E-state index contributed by atoms with van der Waals surface area (Å²) in [5.41, 5.74) is 3.94. The van der Waals surface area contributed by atoms with E-state index in [1.165, 1.54) is 6.07 Å². The lowest BCUT2D eigenvalue weighted by atomic mass is 10.0. The molecule has 1 aromatic heterocycles. The van der Waals surface area contributed by atoms with Crippen LogP contribution in [0.25, 0.3) is 10.9 Å². The van der Waals surface area contributed by atoms with Crippen LogP contribution >= 0.6 is 0 Å². The van der Waals surface area contributed by atoms with Crippen molar-refractivity contribution in [3.63, 3.8) is 0 Å². The van der Waals surface area contributed by atoms with Crippen molar-refractivity contribution in [3.05, 3.63) is 65.6 Å². The summed E-state index contributed by atoms with van der Waals surface area (Å²) in [6.45, 7) is 5.82. The number of rotatable bonds is 4. The number of aliphatic hydroxyl groups excluding tert-OH is 1. The Morgan fingerprint density at radius 1 is 1.00 bits per heavy atom. The number of aryl methyl sites for hydroxylation is 1. The SMILES string of the molecule is Cc1c([C@H](O)CN2CCN(c3ccccc3F)CC2)c2ccccc2n1C. The molecule has 1 fully saturated rings. The molecule has 0 aliphatic carbocycles. The van der Waals surface area contributed by atoms with Crippen LogP contribution in [0.5, 0.6) is 0 Å². The molecule has 4 nitrogen and oxygen atoms in total. The van der Waals surface area contributed by atoms with Crippen LogP contribution in [0.15, 0.2) is 48.5 Å². The van der Waals surface area contributed by atoms with Crippen molar-refractivity contribution in [3.8, 4) is 0 Å². The molecule has 0 radical (unpaired) electrons. The van der Waals surface area contributed by atoms with Gasteiger partial charge in [0, 0.05) is 61.9 Å². The van der Waals surface area contributed by atoms with E-state index in [2.05, 4.69) is 33.4 Å². The predicted molar refractivity (Wildman–Crippen MR) is 108 cm³/mol. The molecule has 1 aliphatic rings. The Bertz CT molecular complexity index is 944. The molecule has 0 spiro atoms. The smallest absolute Gasteiger partial charge is 0.146 e. The van der Waals surface area contributed by atoms with Crippen LogP contribution in [0.3, 0.4) is 0 Å². The van der Waals surface area contributed by atoms with E-state index in [0.717, 1.165) is 48.3 Å². The monoisotopic (exact) mass is 367 g/mol. The lowest BCUT2D eigenvalue weighted by Gasteiger charge is -2.37. The maximum absolute atomic E-state index is 14.0. The molecule has 1 aliphatic heterocycles. The molecular formula is C22H26FN3O. The minimum atomic E-state index is -0.531. The van der Waals surface area contributed by atoms with Crippen molar-refractivity contribution >= 4 is 16.6 Å². The summed E-state index contributed by atoms with van der Waals surface area (Å²) in [7, 11) is 2.04. The van der Waals surface area contributed by atoms with E-state index in [9.17, 15) is 9.50 Å². The second-order valence-corrected chi connectivity index (χ2v) is 7.33. The number of nitrogens with zero attached hydrogens (tertiary/aromatic N) is 3. The maximum Gasteiger partial charge on any atom is 0.146 e. The average molecular weight is 367 g/mol. The Balaban J connectivity index is 1.46. The zero-order valence-electron chi connectivity index (χ0n) is 15.9. The van der Waals surface area contributed by atoms with Crippen molar-refractivity contribution < 1.29 is 9.50 Å². The summed E-state index contributed by atoms with van der Waals surface area (Å²) in [5, 5.41) is 12.1. The summed E-state index contributed by atoms with van der Waals surface area (Å²) < 4.78 is 16.1. The summed E-state index contributed by atoms with van der Waals surface area (Å²) in [6, 6.07) is 15.2. The number of aliphatic hydroxyl groups is 1. The third-order valence-corrected chi connectivity index (χ3v) is 5.78. The largest absolute Gasteiger partial charge is 0.387 e. The van der Waals surface area contributed by atoms with Crippen molar-refractivity contribution in [1.82, 2.24) is 9.47 Å². The van der Waals surface area contributed by atoms with Crippen LogP contribution < -0.4 is 4.90 Å². The summed E-state index contributed by atoms with van der Waals surface area (Å²) in [5.74, 6) is -0.169. The fraction of sp³-hybridized carbons (Fsp3) is 0.364. The number of piperazine rings is 1. The molecule has 1 saturated heterocycles. The van der Waals surface area contributed by atoms with Gasteiger partial charge in [0.2, 0.25) is 0 Å². The maximum atomic E-state index is 14.0. The standard InChI is InChI=1S/C22H26FN3O/c1-16-22(17-7-3-5-9-19(17)24(16)2)21(27)15-25-11-13-26(14-12-25)20-10-6-4-8-18(20)23/h3-10,21,27H,11-15H2,1-2H3/t21-/m1/s1. The molecule has 0 unspecified atom stereocenters. The summed E-state index contributed by atoms with van der Waals surface area (Å²) in [6.07, 6.45) is -0.531. The number of para-hydroxylation sites is 2. The predicted octanol–water partition coefficient (Wildman–Crippen LogP) is 3.48. The van der Waals surface area contributed by atoms with Gasteiger partial charge in [0.15, 0.2) is 0 Å². The highest BCUT2D eigenvalue weighted by molar-refractivity contribution is 5.85. The molecule has 142 valence electrons. The van der Waals surface area contributed by atoms with E-state index in [4.69, 9.17) is 0 Å². The van der Waals surface area contributed by atoms with Crippen LogP contribution in [0.2, 0.25) is 0 Å². The van der Waals surface area contributed by atoms with Gasteiger partial charge in [-0.25, -0.2) is 4.39 Å². The molecule has 0 saturated carbocycles. The van der Waals surface area contributed by atoms with E-state index >= 15 is 0 Å². The molecule has 5 heteroatoms. The van der Waals surface area contributed by atoms with Crippen molar-refractivity contribution in [2.45, 2.75) is 13.0 Å². The summed E-state index contributed by atoms with van der Waals surface area (Å²) >= 11 is 0. The number of fused-ring (bicyclic) bond motifs is 1. The van der Waals surface area contributed by atoms with Gasteiger partial charge in [0.25, 0.3) is 0 Å². The van der Waals surface area contributed by atoms with Gasteiger partial charge in [-0.2, -0.15) is 0 Å². The number of hydrogen-bond acceptors (Lipinski definition) is 3. The fourth-order valence-electron chi connectivity index (χ4n) is 4.19. The fourth-order valence-corrected chi connectivity index (χ4v) is 4.19. The second kappa shape index (κ2) is 7.33. The first-order chi connectivity index (χ1) is 13.1. The van der Waals surface area contributed by atoms with Gasteiger partial charge in [-0.15, -0.1) is 0 Å². The number of anilines is 1. The molecular weight excluding hydrogens is 341 g/mol. The molecule has 0 amide bonds. The Labute approximate surface area is 159 Å². The number of benzene rings is 2. The number of halogens is 1. The molecule has 1 N–H and O–H groups in total. The van der Waals surface area contributed by atoms with Gasteiger partial charge in [0.1, 0.15) is 5.82 Å². The molecule has 1 atom stereocenters. The van der Waals surface area contributed by atoms with E-state index in [1.807, 2.05) is 31.3 Å². The Kier molecular flexibility index (Phi) is 4.89. The second-order valence-electron chi connectivity index (χ2n) is 7.33. The van der Waals surface area contributed by atoms with Crippen LogP contribution in [0.4, 0.5) is 10.1 Å². The van der Waals surface area contributed by atoms with Crippen LogP contribution in [-0.4, -0.2) is 47.3 Å². The van der Waals surface area contributed by atoms with Gasteiger partial charge in [-0.05, 0) is 25.1 Å². The molecule has 2 aromatic carbocycles. The van der Waals surface area contributed by atoms with E-state index in [-0.39, 0.29) is 5.82 Å². The van der Waals surface area contributed by atoms with Gasteiger partial charge in [-0.1, -0.05) is 30.3 Å². The first-order valence-electron chi connectivity index (χ1n) is 9.50. The normalized spacial score (nSPS) is 16.8. The Hall–Kier alpha value is -2.37. The Morgan fingerprint density at radius 3 is 2.41 bits per heavy atom. The summed E-state index contributed by atoms with van der Waals surface area (Å²) in [4.78, 5) is 4.35. The van der Waals surface area contributed by atoms with Crippen LogP contribution in [-0.2, 0) is 7.05 Å².